The Morgan fingerprint density at radius 2 is 2.24 bits per heavy atom. The first-order valence-electron chi connectivity index (χ1n) is 5.10. The van der Waals surface area contributed by atoms with Crippen molar-refractivity contribution in [1.29, 1.82) is 0 Å². The van der Waals surface area contributed by atoms with Crippen molar-refractivity contribution in [2.75, 3.05) is 0 Å². The van der Waals surface area contributed by atoms with Crippen LogP contribution in [0.4, 0.5) is 0 Å². The van der Waals surface area contributed by atoms with Crippen LogP contribution in [-0.2, 0) is 11.2 Å². The average molecular weight is 295 g/mol. The van der Waals surface area contributed by atoms with Crippen molar-refractivity contribution < 1.29 is 9.90 Å². The van der Waals surface area contributed by atoms with Crippen molar-refractivity contribution in [3.05, 3.63) is 40.5 Å². The van der Waals surface area contributed by atoms with Crippen LogP contribution < -0.4 is 5.73 Å². The number of benzene rings is 1. The second-order valence-corrected chi connectivity index (χ2v) is 4.61. The van der Waals surface area contributed by atoms with Crippen LogP contribution in [0.2, 0.25) is 0 Å². The molecule has 4 nitrogen and oxygen atoms in total. The third-order valence-electron chi connectivity index (χ3n) is 2.57. The Balaban J connectivity index is 2.48. The molecule has 2 rings (SSSR count). The maximum Gasteiger partial charge on any atom is 0.320 e. The SMILES string of the molecule is N[C@@H](Cc1ccc(Br)c2ncccc12)C(=O)O. The molecule has 0 fully saturated rings. The first kappa shape index (κ1) is 12.0. The maximum atomic E-state index is 10.8. The summed E-state index contributed by atoms with van der Waals surface area (Å²) in [6.45, 7) is 0. The second kappa shape index (κ2) is 4.81. The number of halogens is 1. The highest BCUT2D eigenvalue weighted by Crippen LogP contribution is 2.25. The van der Waals surface area contributed by atoms with Gasteiger partial charge in [0, 0.05) is 16.1 Å². The van der Waals surface area contributed by atoms with Gasteiger partial charge in [-0.15, -0.1) is 0 Å². The molecule has 0 saturated carbocycles. The van der Waals surface area contributed by atoms with E-state index in [1.165, 1.54) is 0 Å². The molecule has 0 radical (unpaired) electrons. The van der Waals surface area contributed by atoms with Gasteiger partial charge in [0.15, 0.2) is 0 Å². The monoisotopic (exact) mass is 294 g/mol. The molecule has 0 spiro atoms. The van der Waals surface area contributed by atoms with Crippen LogP contribution in [0.1, 0.15) is 5.56 Å². The van der Waals surface area contributed by atoms with E-state index in [1.54, 1.807) is 6.20 Å². The molecule has 5 heteroatoms. The number of fused-ring (bicyclic) bond motifs is 1. The molecule has 0 amide bonds. The molecule has 2 aromatic rings. The zero-order valence-corrected chi connectivity index (χ0v) is 10.5. The topological polar surface area (TPSA) is 76.2 Å². The highest BCUT2D eigenvalue weighted by atomic mass is 79.9. The fraction of sp³-hybridized carbons (Fsp3) is 0.167. The highest BCUT2D eigenvalue weighted by molar-refractivity contribution is 9.10. The Hall–Kier alpha value is -1.46. The predicted molar refractivity (Wildman–Crippen MR) is 68.8 cm³/mol. The summed E-state index contributed by atoms with van der Waals surface area (Å²) in [5.41, 5.74) is 7.26. The standard InChI is InChI=1S/C12H11BrN2O2/c13-9-4-3-7(6-10(14)12(16)17)8-2-1-5-15-11(8)9/h1-5,10H,6,14H2,(H,16,17)/t10-/m0/s1. The molecule has 0 saturated heterocycles. The van der Waals surface area contributed by atoms with Gasteiger partial charge >= 0.3 is 5.97 Å². The van der Waals surface area contributed by atoms with E-state index in [-0.39, 0.29) is 0 Å². The lowest BCUT2D eigenvalue weighted by molar-refractivity contribution is -0.138. The number of aromatic nitrogens is 1. The smallest absolute Gasteiger partial charge is 0.320 e. The molecule has 0 aliphatic rings. The van der Waals surface area contributed by atoms with Crippen LogP contribution >= 0.6 is 15.9 Å². The molecule has 0 bridgehead atoms. The molecular weight excluding hydrogens is 284 g/mol. The number of nitrogens with two attached hydrogens (primary N) is 1. The van der Waals surface area contributed by atoms with Crippen molar-refractivity contribution in [2.24, 2.45) is 5.73 Å². The highest BCUT2D eigenvalue weighted by Gasteiger charge is 2.14. The van der Waals surface area contributed by atoms with Gasteiger partial charge in [0.1, 0.15) is 6.04 Å². The molecule has 17 heavy (non-hydrogen) atoms. The Morgan fingerprint density at radius 3 is 2.94 bits per heavy atom. The summed E-state index contributed by atoms with van der Waals surface area (Å²) in [6, 6.07) is 6.58. The van der Waals surface area contributed by atoms with E-state index in [0.29, 0.717) is 6.42 Å². The summed E-state index contributed by atoms with van der Waals surface area (Å²) in [7, 11) is 0. The van der Waals surface area contributed by atoms with E-state index in [0.717, 1.165) is 20.9 Å². The van der Waals surface area contributed by atoms with Crippen LogP contribution in [0.3, 0.4) is 0 Å². The molecule has 1 atom stereocenters. The van der Waals surface area contributed by atoms with Crippen LogP contribution in [0.5, 0.6) is 0 Å². The van der Waals surface area contributed by atoms with E-state index in [4.69, 9.17) is 10.8 Å². The largest absolute Gasteiger partial charge is 0.480 e. The number of carboxylic acids is 1. The van der Waals surface area contributed by atoms with Gasteiger partial charge in [-0.1, -0.05) is 12.1 Å². The molecule has 1 aromatic heterocycles. The quantitative estimate of drug-likeness (QED) is 0.907. The van der Waals surface area contributed by atoms with Crippen LogP contribution in [0, 0.1) is 0 Å². The Bertz CT molecular complexity index is 571. The minimum Gasteiger partial charge on any atom is -0.480 e. The number of aliphatic carboxylic acids is 1. The molecule has 0 unspecified atom stereocenters. The summed E-state index contributed by atoms with van der Waals surface area (Å²) in [6.07, 6.45) is 2.00. The Kier molecular flexibility index (Phi) is 3.40. The summed E-state index contributed by atoms with van der Waals surface area (Å²) < 4.78 is 0.890. The first-order valence-corrected chi connectivity index (χ1v) is 5.89. The zero-order valence-electron chi connectivity index (χ0n) is 8.93. The van der Waals surface area contributed by atoms with E-state index in [9.17, 15) is 4.79 Å². The van der Waals surface area contributed by atoms with Crippen LogP contribution in [0.15, 0.2) is 34.9 Å². The molecule has 1 heterocycles. The summed E-state index contributed by atoms with van der Waals surface area (Å²) in [4.78, 5) is 15.0. The number of hydrogen-bond acceptors (Lipinski definition) is 3. The number of hydrogen-bond donors (Lipinski definition) is 2. The maximum absolute atomic E-state index is 10.8. The Labute approximate surface area is 107 Å². The minimum atomic E-state index is -0.995. The van der Waals surface area contributed by atoms with Gasteiger partial charge in [-0.3, -0.25) is 9.78 Å². The number of pyridine rings is 1. The van der Waals surface area contributed by atoms with Crippen molar-refractivity contribution in [1.82, 2.24) is 4.98 Å². The fourth-order valence-corrected chi connectivity index (χ4v) is 2.15. The van der Waals surface area contributed by atoms with Gasteiger partial charge in [-0.2, -0.15) is 0 Å². The zero-order chi connectivity index (χ0) is 12.4. The molecule has 0 aliphatic carbocycles. The van der Waals surface area contributed by atoms with Crippen molar-refractivity contribution in [3.8, 4) is 0 Å². The normalized spacial score (nSPS) is 12.6. The lowest BCUT2D eigenvalue weighted by Gasteiger charge is -2.10. The second-order valence-electron chi connectivity index (χ2n) is 3.75. The molecule has 1 aromatic carbocycles. The first-order chi connectivity index (χ1) is 8.09. The molecule has 88 valence electrons. The third kappa shape index (κ3) is 2.45. The van der Waals surface area contributed by atoms with Crippen LogP contribution in [-0.4, -0.2) is 22.1 Å². The predicted octanol–water partition coefficient (Wildman–Crippen LogP) is 1.95. The van der Waals surface area contributed by atoms with Gasteiger partial charge in [-0.25, -0.2) is 0 Å². The lowest BCUT2D eigenvalue weighted by atomic mass is 10.0. The minimum absolute atomic E-state index is 0.296. The van der Waals surface area contributed by atoms with Crippen molar-refractivity contribution in [3.63, 3.8) is 0 Å². The molecule has 3 N–H and O–H groups in total. The fourth-order valence-electron chi connectivity index (χ4n) is 1.70. The summed E-state index contributed by atoms with van der Waals surface area (Å²) in [5.74, 6) is -0.995. The Morgan fingerprint density at radius 1 is 1.47 bits per heavy atom. The van der Waals surface area contributed by atoms with Gasteiger partial charge in [0.05, 0.1) is 5.52 Å². The molecular formula is C12H11BrN2O2. The number of carboxylic acid groups (broad SMARTS) is 1. The van der Waals surface area contributed by atoms with Gasteiger partial charge in [0.2, 0.25) is 0 Å². The number of carbonyl (C=O) groups is 1. The van der Waals surface area contributed by atoms with E-state index in [1.807, 2.05) is 24.3 Å². The third-order valence-corrected chi connectivity index (χ3v) is 3.21. The van der Waals surface area contributed by atoms with E-state index < -0.39 is 12.0 Å². The van der Waals surface area contributed by atoms with Gasteiger partial charge < -0.3 is 10.8 Å². The van der Waals surface area contributed by atoms with Crippen molar-refractivity contribution >= 4 is 32.8 Å². The van der Waals surface area contributed by atoms with E-state index >= 15 is 0 Å². The van der Waals surface area contributed by atoms with E-state index in [2.05, 4.69) is 20.9 Å². The van der Waals surface area contributed by atoms with Crippen molar-refractivity contribution in [2.45, 2.75) is 12.5 Å². The van der Waals surface area contributed by atoms with Gasteiger partial charge in [-0.05, 0) is 40.0 Å². The van der Waals surface area contributed by atoms with Gasteiger partial charge in [0.25, 0.3) is 0 Å². The molecule has 0 aliphatic heterocycles. The lowest BCUT2D eigenvalue weighted by Crippen LogP contribution is -2.32. The summed E-state index contributed by atoms with van der Waals surface area (Å²) >= 11 is 3.42. The number of nitrogens with zero attached hydrogens (tertiary/aromatic N) is 1. The van der Waals surface area contributed by atoms with Crippen LogP contribution in [0.25, 0.3) is 10.9 Å². The number of rotatable bonds is 3. The summed E-state index contributed by atoms with van der Waals surface area (Å²) in [5, 5.41) is 9.75. The average Bonchev–Trinajstić information content (AvgIpc) is 2.33.